The maximum Gasteiger partial charge on any atom is 0.262 e. The summed E-state index contributed by atoms with van der Waals surface area (Å²) in [4.78, 5) is 0.114. The van der Waals surface area contributed by atoms with Gasteiger partial charge in [0.15, 0.2) is 0 Å². The fourth-order valence-electron chi connectivity index (χ4n) is 2.22. The molecule has 6 heteroatoms. The smallest absolute Gasteiger partial charge is 0.262 e. The van der Waals surface area contributed by atoms with E-state index in [4.69, 9.17) is 0 Å². The second-order valence-electron chi connectivity index (χ2n) is 4.93. The van der Waals surface area contributed by atoms with Gasteiger partial charge in [-0.15, -0.1) is 0 Å². The minimum Gasteiger partial charge on any atom is -0.279 e. The van der Waals surface area contributed by atoms with Gasteiger partial charge in [-0.05, 0) is 61.7 Å². The van der Waals surface area contributed by atoms with E-state index in [0.29, 0.717) is 16.8 Å². The normalized spacial score (nSPS) is 11.5. The summed E-state index contributed by atoms with van der Waals surface area (Å²) >= 11 is 3.31. The Hall–Kier alpha value is -1.40. The van der Waals surface area contributed by atoms with Crippen LogP contribution < -0.4 is 4.72 Å². The lowest BCUT2D eigenvalue weighted by Gasteiger charge is -2.14. The van der Waals surface area contributed by atoms with Crippen molar-refractivity contribution >= 4 is 31.6 Å². The van der Waals surface area contributed by atoms with Crippen LogP contribution in [-0.2, 0) is 10.0 Å². The number of nitrogens with one attached hydrogen (secondary N) is 1. The third-order valence-corrected chi connectivity index (χ3v) is 5.30. The maximum absolute atomic E-state index is 13.3. The monoisotopic (exact) mass is 371 g/mol. The molecule has 2 aromatic carbocycles. The minimum absolute atomic E-state index is 0.114. The highest BCUT2D eigenvalue weighted by Gasteiger charge is 2.21. The molecular weight excluding hydrogens is 357 g/mol. The summed E-state index contributed by atoms with van der Waals surface area (Å²) < 4.78 is 41.8. The summed E-state index contributed by atoms with van der Waals surface area (Å²) in [5, 5.41) is 0. The quantitative estimate of drug-likeness (QED) is 0.873. The first-order valence-corrected chi connectivity index (χ1v) is 8.54. The van der Waals surface area contributed by atoms with Gasteiger partial charge in [0, 0.05) is 4.47 Å². The Labute approximate surface area is 132 Å². The highest BCUT2D eigenvalue weighted by Crippen LogP contribution is 2.27. The van der Waals surface area contributed by atoms with Crippen LogP contribution in [0, 0.1) is 26.6 Å². The van der Waals surface area contributed by atoms with E-state index in [0.717, 1.165) is 10.0 Å². The Kier molecular flexibility index (Phi) is 4.39. The topological polar surface area (TPSA) is 46.2 Å². The molecule has 0 fully saturated rings. The molecule has 0 aliphatic carbocycles. The van der Waals surface area contributed by atoms with Crippen LogP contribution >= 0.6 is 15.9 Å². The van der Waals surface area contributed by atoms with E-state index in [-0.39, 0.29) is 4.90 Å². The Morgan fingerprint density at radius 2 is 1.57 bits per heavy atom. The van der Waals surface area contributed by atoms with E-state index in [2.05, 4.69) is 20.7 Å². The molecule has 0 atom stereocenters. The van der Waals surface area contributed by atoms with E-state index < -0.39 is 15.8 Å². The summed E-state index contributed by atoms with van der Waals surface area (Å²) in [6.07, 6.45) is 0. The SMILES string of the molecule is Cc1ccc(Br)cc1NS(=O)(=O)c1c(C)cc(F)cc1C. The predicted molar refractivity (Wildman–Crippen MR) is 85.6 cm³/mol. The van der Waals surface area contributed by atoms with Crippen molar-refractivity contribution in [1.29, 1.82) is 0 Å². The molecule has 3 nitrogen and oxygen atoms in total. The van der Waals surface area contributed by atoms with Crippen molar-refractivity contribution in [3.05, 3.63) is 57.3 Å². The van der Waals surface area contributed by atoms with Crippen molar-refractivity contribution in [3.8, 4) is 0 Å². The molecule has 0 heterocycles. The largest absolute Gasteiger partial charge is 0.279 e. The Morgan fingerprint density at radius 1 is 1.00 bits per heavy atom. The molecule has 0 bridgehead atoms. The van der Waals surface area contributed by atoms with Gasteiger partial charge in [0.05, 0.1) is 10.6 Å². The summed E-state index contributed by atoms with van der Waals surface area (Å²) in [6.45, 7) is 4.98. The van der Waals surface area contributed by atoms with Crippen LogP contribution in [0.15, 0.2) is 39.7 Å². The predicted octanol–water partition coefficient (Wildman–Crippen LogP) is 4.31. The number of aryl methyl sites for hydroxylation is 3. The standard InChI is InChI=1S/C15H15BrFNO2S/c1-9-4-5-12(16)8-14(9)18-21(19,20)15-10(2)6-13(17)7-11(15)3/h4-8,18H,1-3H3. The zero-order chi connectivity index (χ0) is 15.8. The van der Waals surface area contributed by atoms with Crippen molar-refractivity contribution < 1.29 is 12.8 Å². The molecule has 0 aromatic heterocycles. The molecule has 0 aliphatic rings. The second kappa shape index (κ2) is 5.77. The third-order valence-electron chi connectivity index (χ3n) is 3.14. The van der Waals surface area contributed by atoms with E-state index in [1.807, 2.05) is 19.1 Å². The van der Waals surface area contributed by atoms with Crippen LogP contribution in [0.4, 0.5) is 10.1 Å². The van der Waals surface area contributed by atoms with E-state index >= 15 is 0 Å². The van der Waals surface area contributed by atoms with Gasteiger partial charge < -0.3 is 0 Å². The van der Waals surface area contributed by atoms with E-state index in [9.17, 15) is 12.8 Å². The summed E-state index contributed by atoms with van der Waals surface area (Å²) in [5.74, 6) is -0.442. The lowest BCUT2D eigenvalue weighted by molar-refractivity contribution is 0.597. The van der Waals surface area contributed by atoms with Crippen molar-refractivity contribution in [2.75, 3.05) is 4.72 Å². The van der Waals surface area contributed by atoms with Crippen molar-refractivity contribution in [3.63, 3.8) is 0 Å². The molecule has 2 rings (SSSR count). The zero-order valence-electron chi connectivity index (χ0n) is 11.9. The van der Waals surface area contributed by atoms with Crippen molar-refractivity contribution in [2.45, 2.75) is 25.7 Å². The molecular formula is C15H15BrFNO2S. The van der Waals surface area contributed by atoms with Crippen LogP contribution in [0.5, 0.6) is 0 Å². The zero-order valence-corrected chi connectivity index (χ0v) is 14.3. The van der Waals surface area contributed by atoms with Gasteiger partial charge in [0.25, 0.3) is 10.0 Å². The van der Waals surface area contributed by atoms with Gasteiger partial charge in [0.1, 0.15) is 5.82 Å². The van der Waals surface area contributed by atoms with Gasteiger partial charge in [-0.2, -0.15) is 0 Å². The van der Waals surface area contributed by atoms with Crippen LogP contribution in [-0.4, -0.2) is 8.42 Å². The number of hydrogen-bond acceptors (Lipinski definition) is 2. The van der Waals surface area contributed by atoms with E-state index in [1.54, 1.807) is 19.9 Å². The first-order chi connectivity index (χ1) is 9.70. The number of benzene rings is 2. The number of sulfonamides is 1. The maximum atomic E-state index is 13.3. The van der Waals surface area contributed by atoms with Gasteiger partial charge in [-0.25, -0.2) is 12.8 Å². The number of rotatable bonds is 3. The average molecular weight is 372 g/mol. The van der Waals surface area contributed by atoms with Crippen LogP contribution in [0.2, 0.25) is 0 Å². The van der Waals surface area contributed by atoms with Crippen LogP contribution in [0.1, 0.15) is 16.7 Å². The van der Waals surface area contributed by atoms with Crippen molar-refractivity contribution in [2.24, 2.45) is 0 Å². The lowest BCUT2D eigenvalue weighted by atomic mass is 10.1. The molecule has 0 unspecified atom stereocenters. The molecule has 0 spiro atoms. The van der Waals surface area contributed by atoms with Gasteiger partial charge >= 0.3 is 0 Å². The number of anilines is 1. The Bertz CT molecular complexity index is 780. The summed E-state index contributed by atoms with van der Waals surface area (Å²) in [6, 6.07) is 7.78. The van der Waals surface area contributed by atoms with Crippen LogP contribution in [0.3, 0.4) is 0 Å². The Morgan fingerprint density at radius 3 is 2.14 bits per heavy atom. The first-order valence-electron chi connectivity index (χ1n) is 6.26. The minimum atomic E-state index is -3.77. The molecule has 0 saturated heterocycles. The summed E-state index contributed by atoms with van der Waals surface area (Å²) in [5.41, 5.74) is 2.06. The number of hydrogen-bond donors (Lipinski definition) is 1. The van der Waals surface area contributed by atoms with Gasteiger partial charge in [-0.3, -0.25) is 4.72 Å². The molecule has 0 radical (unpaired) electrons. The lowest BCUT2D eigenvalue weighted by Crippen LogP contribution is -2.16. The number of halogens is 2. The third kappa shape index (κ3) is 3.44. The fourth-order valence-corrected chi connectivity index (χ4v) is 4.16. The molecule has 0 amide bonds. The molecule has 0 aliphatic heterocycles. The molecule has 0 saturated carbocycles. The van der Waals surface area contributed by atoms with Gasteiger partial charge in [-0.1, -0.05) is 22.0 Å². The highest BCUT2D eigenvalue weighted by molar-refractivity contribution is 9.10. The van der Waals surface area contributed by atoms with Crippen LogP contribution in [0.25, 0.3) is 0 Å². The second-order valence-corrected chi connectivity index (χ2v) is 7.47. The highest BCUT2D eigenvalue weighted by atomic mass is 79.9. The molecule has 21 heavy (non-hydrogen) atoms. The molecule has 112 valence electrons. The van der Waals surface area contributed by atoms with E-state index in [1.165, 1.54) is 12.1 Å². The molecule has 2 aromatic rings. The Balaban J connectivity index is 2.51. The average Bonchev–Trinajstić information content (AvgIpc) is 2.31. The first kappa shape index (κ1) is 16.0. The van der Waals surface area contributed by atoms with Crippen molar-refractivity contribution in [1.82, 2.24) is 0 Å². The van der Waals surface area contributed by atoms with Gasteiger partial charge in [0.2, 0.25) is 0 Å². The fraction of sp³-hybridized carbons (Fsp3) is 0.200. The summed E-state index contributed by atoms with van der Waals surface area (Å²) in [7, 11) is -3.77. The molecule has 1 N–H and O–H groups in total.